The fourth-order valence-electron chi connectivity index (χ4n) is 3.66. The third-order valence-electron chi connectivity index (χ3n) is 4.95. The SMILES string of the molecule is COc1ccc(C(c2cc3ccccc3s2)N2CCNCC2)cc1OC. The fourth-order valence-corrected chi connectivity index (χ4v) is 4.88. The predicted octanol–water partition coefficient (Wildman–Crippen LogP) is 3.91. The van der Waals surface area contributed by atoms with Gasteiger partial charge in [-0.25, -0.2) is 0 Å². The quantitative estimate of drug-likeness (QED) is 0.740. The molecular formula is C21H24N2O2S. The topological polar surface area (TPSA) is 33.7 Å². The van der Waals surface area contributed by atoms with E-state index in [2.05, 4.69) is 52.7 Å². The summed E-state index contributed by atoms with van der Waals surface area (Å²) in [5, 5.41) is 4.77. The Hall–Kier alpha value is -2.08. The lowest BCUT2D eigenvalue weighted by atomic mass is 10.0. The van der Waals surface area contributed by atoms with Gasteiger partial charge in [-0.05, 0) is 35.2 Å². The standard InChI is InChI=1S/C21H24N2O2S/c1-24-17-8-7-16(13-18(17)25-2)21(23-11-9-22-10-12-23)20-14-15-5-3-4-6-19(15)26-20/h3-8,13-14,21-22H,9-12H2,1-2H3. The first-order valence-corrected chi connectivity index (χ1v) is 9.77. The maximum Gasteiger partial charge on any atom is 0.161 e. The molecule has 0 saturated carbocycles. The summed E-state index contributed by atoms with van der Waals surface area (Å²) in [6.07, 6.45) is 0. The van der Waals surface area contributed by atoms with Crippen LogP contribution in [0.15, 0.2) is 48.5 Å². The van der Waals surface area contributed by atoms with Gasteiger partial charge in [-0.15, -0.1) is 11.3 Å². The molecule has 0 spiro atoms. The lowest BCUT2D eigenvalue weighted by molar-refractivity contribution is 0.200. The molecule has 4 rings (SSSR count). The van der Waals surface area contributed by atoms with Crippen LogP contribution >= 0.6 is 11.3 Å². The molecule has 5 heteroatoms. The monoisotopic (exact) mass is 368 g/mol. The Morgan fingerprint density at radius 2 is 1.73 bits per heavy atom. The second kappa shape index (κ2) is 7.66. The molecule has 0 aliphatic carbocycles. The number of thiophene rings is 1. The number of piperazine rings is 1. The van der Waals surface area contributed by atoms with E-state index in [9.17, 15) is 0 Å². The Balaban J connectivity index is 1.80. The van der Waals surface area contributed by atoms with Gasteiger partial charge in [0.2, 0.25) is 0 Å². The highest BCUT2D eigenvalue weighted by molar-refractivity contribution is 7.19. The van der Waals surface area contributed by atoms with Gasteiger partial charge in [0, 0.05) is 35.8 Å². The summed E-state index contributed by atoms with van der Waals surface area (Å²) in [7, 11) is 3.37. The van der Waals surface area contributed by atoms with Gasteiger partial charge in [0.1, 0.15) is 0 Å². The van der Waals surface area contributed by atoms with Gasteiger partial charge in [0.05, 0.1) is 20.3 Å². The second-order valence-electron chi connectivity index (χ2n) is 6.49. The number of hydrogen-bond donors (Lipinski definition) is 1. The van der Waals surface area contributed by atoms with E-state index in [0.29, 0.717) is 0 Å². The van der Waals surface area contributed by atoms with E-state index in [-0.39, 0.29) is 6.04 Å². The largest absolute Gasteiger partial charge is 0.493 e. The van der Waals surface area contributed by atoms with Crippen LogP contribution in [-0.2, 0) is 0 Å². The minimum absolute atomic E-state index is 0.231. The van der Waals surface area contributed by atoms with Crippen LogP contribution in [0.3, 0.4) is 0 Å². The number of methoxy groups -OCH3 is 2. The molecule has 1 fully saturated rings. The zero-order valence-corrected chi connectivity index (χ0v) is 16.0. The number of rotatable bonds is 5. The van der Waals surface area contributed by atoms with Crippen LogP contribution < -0.4 is 14.8 Å². The van der Waals surface area contributed by atoms with Gasteiger partial charge in [0.15, 0.2) is 11.5 Å². The van der Waals surface area contributed by atoms with Crippen molar-refractivity contribution in [1.82, 2.24) is 10.2 Å². The Bertz CT molecular complexity index is 854. The lowest BCUT2D eigenvalue weighted by Crippen LogP contribution is -2.45. The molecule has 3 aromatic rings. The minimum Gasteiger partial charge on any atom is -0.493 e. The Morgan fingerprint density at radius 3 is 2.46 bits per heavy atom. The molecule has 2 aromatic carbocycles. The number of nitrogens with zero attached hydrogens (tertiary/aromatic N) is 1. The molecule has 1 saturated heterocycles. The van der Waals surface area contributed by atoms with Crippen molar-refractivity contribution in [2.24, 2.45) is 0 Å². The van der Waals surface area contributed by atoms with E-state index in [1.165, 1.54) is 20.5 Å². The lowest BCUT2D eigenvalue weighted by Gasteiger charge is -2.35. The summed E-state index contributed by atoms with van der Waals surface area (Å²) in [6.45, 7) is 4.11. The van der Waals surface area contributed by atoms with Crippen molar-refractivity contribution in [1.29, 1.82) is 0 Å². The molecule has 4 nitrogen and oxygen atoms in total. The maximum absolute atomic E-state index is 5.56. The molecular weight excluding hydrogens is 344 g/mol. The highest BCUT2D eigenvalue weighted by Crippen LogP contribution is 2.39. The van der Waals surface area contributed by atoms with Crippen LogP contribution in [0.2, 0.25) is 0 Å². The van der Waals surface area contributed by atoms with E-state index in [0.717, 1.165) is 37.7 Å². The number of fused-ring (bicyclic) bond motifs is 1. The van der Waals surface area contributed by atoms with Gasteiger partial charge >= 0.3 is 0 Å². The summed E-state index contributed by atoms with van der Waals surface area (Å²) in [5.74, 6) is 1.55. The number of nitrogens with one attached hydrogen (secondary N) is 1. The van der Waals surface area contributed by atoms with Crippen molar-refractivity contribution < 1.29 is 9.47 Å². The van der Waals surface area contributed by atoms with Crippen LogP contribution in [0.5, 0.6) is 11.5 Å². The molecule has 1 atom stereocenters. The van der Waals surface area contributed by atoms with Crippen LogP contribution in [0.1, 0.15) is 16.5 Å². The molecule has 1 unspecified atom stereocenters. The van der Waals surface area contributed by atoms with Gasteiger partial charge in [-0.3, -0.25) is 4.90 Å². The number of hydrogen-bond acceptors (Lipinski definition) is 5. The molecule has 1 aliphatic heterocycles. The summed E-state index contributed by atoms with van der Waals surface area (Å²) in [5.41, 5.74) is 1.25. The molecule has 2 heterocycles. The van der Waals surface area contributed by atoms with Crippen molar-refractivity contribution >= 4 is 21.4 Å². The highest BCUT2D eigenvalue weighted by Gasteiger charge is 2.26. The average molecular weight is 369 g/mol. The molecule has 0 amide bonds. The van der Waals surface area contributed by atoms with E-state index in [4.69, 9.17) is 9.47 Å². The number of ether oxygens (including phenoxy) is 2. The van der Waals surface area contributed by atoms with Crippen LogP contribution in [0, 0.1) is 0 Å². The Kier molecular flexibility index (Phi) is 5.11. The Morgan fingerprint density at radius 1 is 0.962 bits per heavy atom. The van der Waals surface area contributed by atoms with E-state index in [1.54, 1.807) is 14.2 Å². The highest BCUT2D eigenvalue weighted by atomic mass is 32.1. The average Bonchev–Trinajstić information content (AvgIpc) is 3.12. The zero-order chi connectivity index (χ0) is 17.9. The van der Waals surface area contributed by atoms with Crippen molar-refractivity contribution in [3.8, 4) is 11.5 Å². The summed E-state index contributed by atoms with van der Waals surface area (Å²) in [4.78, 5) is 3.93. The first-order valence-electron chi connectivity index (χ1n) is 8.95. The van der Waals surface area contributed by atoms with E-state index < -0.39 is 0 Å². The second-order valence-corrected chi connectivity index (χ2v) is 7.60. The van der Waals surface area contributed by atoms with Crippen molar-refractivity contribution in [2.75, 3.05) is 40.4 Å². The van der Waals surface area contributed by atoms with Crippen molar-refractivity contribution in [3.63, 3.8) is 0 Å². The van der Waals surface area contributed by atoms with Crippen LogP contribution in [0.25, 0.3) is 10.1 Å². The van der Waals surface area contributed by atoms with Crippen molar-refractivity contribution in [3.05, 3.63) is 59.0 Å². The van der Waals surface area contributed by atoms with Crippen molar-refractivity contribution in [2.45, 2.75) is 6.04 Å². The zero-order valence-electron chi connectivity index (χ0n) is 15.2. The van der Waals surface area contributed by atoms with Crippen LogP contribution in [0.4, 0.5) is 0 Å². The molecule has 0 radical (unpaired) electrons. The smallest absolute Gasteiger partial charge is 0.161 e. The third kappa shape index (κ3) is 3.30. The molecule has 136 valence electrons. The fraction of sp³-hybridized carbons (Fsp3) is 0.333. The first kappa shape index (κ1) is 17.3. The molecule has 1 N–H and O–H groups in total. The summed E-state index contributed by atoms with van der Waals surface area (Å²) >= 11 is 1.88. The van der Waals surface area contributed by atoms with Crippen LogP contribution in [-0.4, -0.2) is 45.3 Å². The summed E-state index contributed by atoms with van der Waals surface area (Å²) in [6, 6.07) is 17.5. The number of benzene rings is 2. The maximum atomic E-state index is 5.56. The molecule has 0 bridgehead atoms. The predicted molar refractivity (Wildman–Crippen MR) is 108 cm³/mol. The summed E-state index contributed by atoms with van der Waals surface area (Å²) < 4.78 is 12.3. The molecule has 1 aliphatic rings. The van der Waals surface area contributed by atoms with Gasteiger partial charge in [-0.1, -0.05) is 24.3 Å². The molecule has 1 aromatic heterocycles. The normalized spacial score (nSPS) is 16.5. The Labute approximate surface area is 158 Å². The minimum atomic E-state index is 0.231. The van der Waals surface area contributed by atoms with Gasteiger partial charge < -0.3 is 14.8 Å². The third-order valence-corrected chi connectivity index (χ3v) is 6.12. The van der Waals surface area contributed by atoms with E-state index in [1.807, 2.05) is 17.4 Å². The van der Waals surface area contributed by atoms with Gasteiger partial charge in [0.25, 0.3) is 0 Å². The first-order chi connectivity index (χ1) is 12.8. The molecule has 26 heavy (non-hydrogen) atoms. The van der Waals surface area contributed by atoms with Gasteiger partial charge in [-0.2, -0.15) is 0 Å². The van der Waals surface area contributed by atoms with E-state index >= 15 is 0 Å².